The summed E-state index contributed by atoms with van der Waals surface area (Å²) in [7, 11) is -4.52. The molecule has 1 saturated carbocycles. The van der Waals surface area contributed by atoms with Gasteiger partial charge in [-0.3, -0.25) is 9.59 Å². The molecule has 15 heteroatoms. The van der Waals surface area contributed by atoms with Crippen molar-refractivity contribution in [3.63, 3.8) is 0 Å². The highest BCUT2D eigenvalue weighted by Gasteiger charge is 2.74. The lowest BCUT2D eigenvalue weighted by molar-refractivity contribution is -0.348. The number of hydrogen-bond donors (Lipinski definition) is 1. The number of nitrogens with zero attached hydrogens (tertiary/aromatic N) is 2. The van der Waals surface area contributed by atoms with Crippen LogP contribution in [0.2, 0.25) is 0 Å². The third kappa shape index (κ3) is 4.69. The van der Waals surface area contributed by atoms with Crippen LogP contribution in [0, 0.1) is 11.8 Å². The van der Waals surface area contributed by atoms with Crippen LogP contribution >= 0.6 is 0 Å². The average Bonchev–Trinajstić information content (AvgIpc) is 3.37. The lowest BCUT2D eigenvalue weighted by Crippen LogP contribution is -2.54. The van der Waals surface area contributed by atoms with E-state index in [-0.39, 0.29) is 68.5 Å². The SMILES string of the molecule is O=C(O)C1CCC(C(=O)N2CCC3(S(=O)(=O)c4ccccn4)c4ccc(C(F)(C(F)(F)F)C(F)(F)F)cc4CCC23)CC1. The Labute approximate surface area is 242 Å². The summed E-state index contributed by atoms with van der Waals surface area (Å²) < 4.78 is 123. The summed E-state index contributed by atoms with van der Waals surface area (Å²) in [6.07, 6.45) is -11.0. The Morgan fingerprint density at radius 3 is 2.09 bits per heavy atom. The van der Waals surface area contributed by atoms with Gasteiger partial charge in [0.25, 0.3) is 0 Å². The fraction of sp³-hybridized carbons (Fsp3) is 0.536. The third-order valence-corrected chi connectivity index (χ3v) is 11.6. The molecule has 3 aliphatic rings. The van der Waals surface area contributed by atoms with E-state index in [0.717, 1.165) is 6.07 Å². The normalized spacial score (nSPS) is 26.5. The molecule has 2 aromatic rings. The van der Waals surface area contributed by atoms with Crippen molar-refractivity contribution in [3.8, 4) is 0 Å². The molecule has 7 nitrogen and oxygen atoms in total. The van der Waals surface area contributed by atoms with Gasteiger partial charge in [0.1, 0.15) is 4.75 Å². The number of alkyl halides is 7. The van der Waals surface area contributed by atoms with Crippen molar-refractivity contribution in [2.45, 2.75) is 78.8 Å². The van der Waals surface area contributed by atoms with Gasteiger partial charge in [-0.05, 0) is 68.2 Å². The Morgan fingerprint density at radius 2 is 1.53 bits per heavy atom. The predicted octanol–water partition coefficient (Wildman–Crippen LogP) is 5.48. The van der Waals surface area contributed by atoms with Crippen molar-refractivity contribution in [1.82, 2.24) is 9.88 Å². The van der Waals surface area contributed by atoms with E-state index in [0.29, 0.717) is 12.1 Å². The van der Waals surface area contributed by atoms with E-state index >= 15 is 0 Å². The number of carboxylic acids is 1. The minimum atomic E-state index is -6.34. The Balaban J connectivity index is 1.61. The quantitative estimate of drug-likeness (QED) is 0.436. The van der Waals surface area contributed by atoms with Crippen LogP contribution in [0.5, 0.6) is 0 Å². The van der Waals surface area contributed by atoms with Gasteiger partial charge in [0.2, 0.25) is 15.7 Å². The van der Waals surface area contributed by atoms with Crippen LogP contribution in [0.25, 0.3) is 0 Å². The second-order valence-electron chi connectivity index (χ2n) is 11.3. The van der Waals surface area contributed by atoms with Gasteiger partial charge < -0.3 is 10.0 Å². The van der Waals surface area contributed by atoms with E-state index in [4.69, 9.17) is 0 Å². The zero-order valence-corrected chi connectivity index (χ0v) is 23.3. The third-order valence-electron chi connectivity index (χ3n) is 9.17. The first-order valence-electron chi connectivity index (χ1n) is 13.6. The molecule has 0 radical (unpaired) electrons. The number of amides is 1. The van der Waals surface area contributed by atoms with Crippen LogP contribution in [0.3, 0.4) is 0 Å². The van der Waals surface area contributed by atoms with Crippen LogP contribution in [0.4, 0.5) is 30.7 Å². The number of carbonyl (C=O) groups is 2. The van der Waals surface area contributed by atoms with Gasteiger partial charge in [0.15, 0.2) is 5.03 Å². The Hall–Kier alpha value is -3.23. The van der Waals surface area contributed by atoms with E-state index in [9.17, 15) is 53.8 Å². The van der Waals surface area contributed by atoms with Gasteiger partial charge in [-0.15, -0.1) is 0 Å². The number of sulfone groups is 1. The molecule has 43 heavy (non-hydrogen) atoms. The number of likely N-dealkylation sites (tertiary alicyclic amines) is 1. The van der Waals surface area contributed by atoms with E-state index in [1.54, 1.807) is 0 Å². The lowest BCUT2D eigenvalue weighted by atomic mass is 9.76. The first kappa shape index (κ1) is 31.2. The van der Waals surface area contributed by atoms with Crippen LogP contribution in [0.1, 0.15) is 55.2 Å². The number of carboxylic acid groups (broad SMARTS) is 1. The summed E-state index contributed by atoms with van der Waals surface area (Å²) >= 11 is 0. The van der Waals surface area contributed by atoms with Crippen molar-refractivity contribution in [2.75, 3.05) is 6.54 Å². The van der Waals surface area contributed by atoms with Gasteiger partial charge >= 0.3 is 24.0 Å². The summed E-state index contributed by atoms with van der Waals surface area (Å²) in [5, 5.41) is 8.91. The van der Waals surface area contributed by atoms with E-state index in [1.807, 2.05) is 0 Å². The minimum Gasteiger partial charge on any atom is -0.481 e. The fourth-order valence-electron chi connectivity index (χ4n) is 7.01. The van der Waals surface area contributed by atoms with E-state index < -0.39 is 67.0 Å². The fourth-order valence-corrected chi connectivity index (χ4v) is 9.29. The maximum Gasteiger partial charge on any atom is 0.435 e. The molecule has 1 aliphatic heterocycles. The number of halogens is 7. The van der Waals surface area contributed by atoms with Crippen molar-refractivity contribution < 1.29 is 53.8 Å². The topological polar surface area (TPSA) is 105 Å². The van der Waals surface area contributed by atoms with Gasteiger partial charge in [-0.2, -0.15) is 26.3 Å². The number of aromatic nitrogens is 1. The second kappa shape index (κ2) is 10.4. The van der Waals surface area contributed by atoms with Crippen LogP contribution in [-0.4, -0.2) is 60.2 Å². The number of benzene rings is 1. The number of aliphatic carboxylic acids is 1. The minimum absolute atomic E-state index is 0.0756. The zero-order valence-electron chi connectivity index (χ0n) is 22.5. The van der Waals surface area contributed by atoms with Gasteiger partial charge in [0.05, 0.1) is 12.0 Å². The standard InChI is InChI=1S/C28H27F7N2O5S/c29-26(27(30,31)32,28(33,34)35)19-9-10-20-18(15-19)8-11-21-25(20,43(41,42)22-3-1-2-13-36-22)12-14-37(21)23(38)16-4-6-17(7-5-16)24(39)40/h1-3,9-10,13,15-17,21H,4-8,11-12,14H2,(H,39,40). The Bertz CT molecular complexity index is 1510. The van der Waals surface area contributed by atoms with Crippen molar-refractivity contribution in [2.24, 2.45) is 11.8 Å². The number of aryl methyl sites for hydroxylation is 1. The highest BCUT2D eigenvalue weighted by atomic mass is 32.2. The van der Waals surface area contributed by atoms with Crippen molar-refractivity contribution in [1.29, 1.82) is 0 Å². The van der Waals surface area contributed by atoms with Gasteiger partial charge in [-0.1, -0.05) is 24.3 Å². The molecule has 2 unspecified atom stereocenters. The molecule has 1 aromatic heterocycles. The van der Waals surface area contributed by atoms with E-state index in [2.05, 4.69) is 4.98 Å². The van der Waals surface area contributed by atoms with Crippen LogP contribution < -0.4 is 0 Å². The average molecular weight is 637 g/mol. The molecule has 2 atom stereocenters. The number of pyridine rings is 1. The summed E-state index contributed by atoms with van der Waals surface area (Å²) in [4.78, 5) is 30.4. The summed E-state index contributed by atoms with van der Waals surface area (Å²) in [5.74, 6) is -2.52. The summed E-state index contributed by atoms with van der Waals surface area (Å²) in [6, 6.07) is 4.58. The molecule has 1 saturated heterocycles. The molecule has 2 fully saturated rings. The molecule has 1 amide bonds. The highest BCUT2D eigenvalue weighted by molar-refractivity contribution is 7.92. The zero-order chi connectivity index (χ0) is 31.6. The molecule has 0 spiro atoms. The monoisotopic (exact) mass is 636 g/mol. The molecule has 0 bridgehead atoms. The molecular formula is C28H27F7N2O5S. The number of rotatable bonds is 5. The molecular weight excluding hydrogens is 609 g/mol. The van der Waals surface area contributed by atoms with Gasteiger partial charge in [0, 0.05) is 24.2 Å². The number of fused-ring (bicyclic) bond motifs is 3. The smallest absolute Gasteiger partial charge is 0.435 e. The summed E-state index contributed by atoms with van der Waals surface area (Å²) in [5.41, 5.74) is -7.70. The Morgan fingerprint density at radius 1 is 0.907 bits per heavy atom. The molecule has 5 rings (SSSR count). The van der Waals surface area contributed by atoms with Crippen molar-refractivity contribution >= 4 is 21.7 Å². The van der Waals surface area contributed by atoms with Crippen LogP contribution in [-0.2, 0) is 36.3 Å². The highest BCUT2D eigenvalue weighted by Crippen LogP contribution is 2.56. The Kier molecular flexibility index (Phi) is 7.58. The van der Waals surface area contributed by atoms with Crippen molar-refractivity contribution in [3.05, 3.63) is 59.3 Å². The molecule has 234 valence electrons. The number of hydrogen-bond acceptors (Lipinski definition) is 5. The first-order chi connectivity index (χ1) is 20.0. The van der Waals surface area contributed by atoms with Crippen LogP contribution in [0.15, 0.2) is 47.6 Å². The first-order valence-corrected chi connectivity index (χ1v) is 15.1. The predicted molar refractivity (Wildman–Crippen MR) is 136 cm³/mol. The van der Waals surface area contributed by atoms with Gasteiger partial charge in [-0.25, -0.2) is 17.8 Å². The largest absolute Gasteiger partial charge is 0.481 e. The summed E-state index contributed by atoms with van der Waals surface area (Å²) in [6.45, 7) is -0.0756. The molecule has 1 aromatic carbocycles. The lowest BCUT2D eigenvalue weighted by Gasteiger charge is -2.43. The number of carbonyl (C=O) groups excluding carboxylic acids is 1. The van der Waals surface area contributed by atoms with E-state index in [1.165, 1.54) is 29.3 Å². The molecule has 2 aliphatic carbocycles. The molecule has 1 N–H and O–H groups in total. The maximum absolute atomic E-state index is 15.0. The maximum atomic E-state index is 15.0. The molecule has 2 heterocycles. The second-order valence-corrected chi connectivity index (χ2v) is 13.5.